The van der Waals surface area contributed by atoms with Crippen LogP contribution in [0.5, 0.6) is 11.5 Å². The molecule has 4 rings (SSSR count). The molecule has 0 radical (unpaired) electrons. The molecule has 1 aliphatic heterocycles. The quantitative estimate of drug-likeness (QED) is 0.340. The molecule has 3 aromatic carbocycles. The summed E-state index contributed by atoms with van der Waals surface area (Å²) in [6.07, 6.45) is 0. The van der Waals surface area contributed by atoms with Crippen LogP contribution >= 0.6 is 27.5 Å². The van der Waals surface area contributed by atoms with Crippen molar-refractivity contribution in [3.8, 4) is 11.5 Å². The van der Waals surface area contributed by atoms with Crippen LogP contribution in [0.2, 0.25) is 5.02 Å². The highest BCUT2D eigenvalue weighted by atomic mass is 79.9. The van der Waals surface area contributed by atoms with Crippen LogP contribution < -0.4 is 19.7 Å². The Morgan fingerprint density at radius 1 is 0.970 bits per heavy atom. The first-order valence-electron chi connectivity index (χ1n) is 11.1. The van der Waals surface area contributed by atoms with E-state index < -0.39 is 0 Å². The Kier molecular flexibility index (Phi) is 8.37. The molecule has 174 valence electrons. The summed E-state index contributed by atoms with van der Waals surface area (Å²) in [7, 11) is 0. The minimum absolute atomic E-state index is 0.433. The van der Waals surface area contributed by atoms with Crippen LogP contribution in [0.4, 0.5) is 11.4 Å². The Labute approximate surface area is 208 Å². The van der Waals surface area contributed by atoms with Crippen LogP contribution in [0, 0.1) is 0 Å². The first-order valence-corrected chi connectivity index (χ1v) is 12.3. The van der Waals surface area contributed by atoms with Crippen LogP contribution in [0.3, 0.4) is 0 Å². The Morgan fingerprint density at radius 2 is 1.70 bits per heavy atom. The smallest absolute Gasteiger partial charge is 0.175 e. The van der Waals surface area contributed by atoms with Crippen LogP contribution in [-0.2, 0) is 17.9 Å². The highest BCUT2D eigenvalue weighted by Crippen LogP contribution is 2.38. The molecule has 7 heteroatoms. The van der Waals surface area contributed by atoms with Crippen LogP contribution in [-0.4, -0.2) is 32.9 Å². The van der Waals surface area contributed by atoms with Crippen molar-refractivity contribution in [3.63, 3.8) is 0 Å². The lowest BCUT2D eigenvalue weighted by Crippen LogP contribution is -2.36. The topological polar surface area (TPSA) is 43.0 Å². The molecule has 3 aromatic rings. The molecule has 0 unspecified atom stereocenters. The van der Waals surface area contributed by atoms with E-state index in [2.05, 4.69) is 56.5 Å². The van der Waals surface area contributed by atoms with Crippen LogP contribution in [0.1, 0.15) is 18.1 Å². The summed E-state index contributed by atoms with van der Waals surface area (Å²) in [6.45, 7) is 7.09. The van der Waals surface area contributed by atoms with E-state index in [4.69, 9.17) is 25.8 Å². The Morgan fingerprint density at radius 3 is 2.39 bits per heavy atom. The van der Waals surface area contributed by atoms with E-state index in [-0.39, 0.29) is 0 Å². The third-order valence-corrected chi connectivity index (χ3v) is 6.25. The van der Waals surface area contributed by atoms with Gasteiger partial charge in [-0.15, -0.1) is 0 Å². The van der Waals surface area contributed by atoms with Crippen molar-refractivity contribution in [2.45, 2.75) is 20.1 Å². The van der Waals surface area contributed by atoms with Gasteiger partial charge in [-0.3, -0.25) is 0 Å². The van der Waals surface area contributed by atoms with E-state index in [1.54, 1.807) is 0 Å². The lowest BCUT2D eigenvalue weighted by molar-refractivity contribution is 0.122. The minimum Gasteiger partial charge on any atom is -0.490 e. The monoisotopic (exact) mass is 530 g/mol. The van der Waals surface area contributed by atoms with E-state index in [9.17, 15) is 0 Å². The van der Waals surface area contributed by atoms with Gasteiger partial charge in [0.2, 0.25) is 0 Å². The number of ether oxygens (including phenoxy) is 3. The molecule has 0 bridgehead atoms. The van der Waals surface area contributed by atoms with Gasteiger partial charge in [-0.1, -0.05) is 23.7 Å². The van der Waals surface area contributed by atoms with E-state index in [0.717, 1.165) is 53.3 Å². The van der Waals surface area contributed by atoms with Gasteiger partial charge < -0.3 is 24.4 Å². The number of hydrogen-bond donors (Lipinski definition) is 1. The summed E-state index contributed by atoms with van der Waals surface area (Å²) in [5, 5.41) is 4.21. The van der Waals surface area contributed by atoms with E-state index in [0.29, 0.717) is 30.5 Å². The van der Waals surface area contributed by atoms with Crippen molar-refractivity contribution in [1.82, 2.24) is 0 Å². The van der Waals surface area contributed by atoms with Crippen molar-refractivity contribution in [3.05, 3.63) is 81.3 Å². The molecular weight excluding hydrogens is 504 g/mol. The molecule has 1 N–H and O–H groups in total. The number of hydrogen-bond acceptors (Lipinski definition) is 5. The van der Waals surface area contributed by atoms with Crippen molar-refractivity contribution in [1.29, 1.82) is 0 Å². The maximum Gasteiger partial charge on any atom is 0.175 e. The Hall–Kier alpha value is -2.41. The zero-order chi connectivity index (χ0) is 23.0. The summed E-state index contributed by atoms with van der Waals surface area (Å²) >= 11 is 9.64. The maximum atomic E-state index is 6.09. The molecule has 0 spiro atoms. The number of halogens is 2. The molecule has 1 saturated heterocycles. The van der Waals surface area contributed by atoms with Crippen molar-refractivity contribution in [2.24, 2.45) is 0 Å². The third-order valence-electron chi connectivity index (χ3n) is 5.41. The predicted octanol–water partition coefficient (Wildman–Crippen LogP) is 6.53. The zero-order valence-corrected chi connectivity index (χ0v) is 21.0. The lowest BCUT2D eigenvalue weighted by Gasteiger charge is -2.29. The number of benzene rings is 3. The fraction of sp³-hybridized carbons (Fsp3) is 0.308. The molecule has 1 heterocycles. The Balaban J connectivity index is 1.40. The maximum absolute atomic E-state index is 6.09. The third kappa shape index (κ3) is 6.56. The largest absolute Gasteiger partial charge is 0.490 e. The SMILES string of the molecule is CCOc1cc(CNc2ccc(N3CCOCC3)cc2)cc(Br)c1OCc1ccc(Cl)cc1. The highest BCUT2D eigenvalue weighted by molar-refractivity contribution is 9.10. The van der Waals surface area contributed by atoms with Crippen molar-refractivity contribution < 1.29 is 14.2 Å². The predicted molar refractivity (Wildman–Crippen MR) is 138 cm³/mol. The normalized spacial score (nSPS) is 13.6. The van der Waals surface area contributed by atoms with E-state index >= 15 is 0 Å². The lowest BCUT2D eigenvalue weighted by atomic mass is 10.2. The van der Waals surface area contributed by atoms with Gasteiger partial charge in [-0.25, -0.2) is 0 Å². The standard InChI is InChI=1S/C26H28BrClN2O3/c1-2-32-25-16-20(15-24(27)26(25)33-18-19-3-5-21(28)6-4-19)17-29-22-7-9-23(10-8-22)30-11-13-31-14-12-30/h3-10,15-16,29H,2,11-14,17-18H2,1H3. The van der Waals surface area contributed by atoms with Gasteiger partial charge >= 0.3 is 0 Å². The molecule has 0 atom stereocenters. The minimum atomic E-state index is 0.433. The summed E-state index contributed by atoms with van der Waals surface area (Å²) in [4.78, 5) is 2.35. The second-order valence-electron chi connectivity index (χ2n) is 7.75. The number of nitrogens with zero attached hydrogens (tertiary/aromatic N) is 1. The van der Waals surface area contributed by atoms with Crippen LogP contribution in [0.15, 0.2) is 65.1 Å². The molecule has 0 aromatic heterocycles. The first-order chi connectivity index (χ1) is 16.1. The highest BCUT2D eigenvalue weighted by Gasteiger charge is 2.14. The van der Waals surface area contributed by atoms with Gasteiger partial charge in [-0.05, 0) is 82.5 Å². The molecule has 33 heavy (non-hydrogen) atoms. The van der Waals surface area contributed by atoms with E-state index in [1.165, 1.54) is 5.69 Å². The van der Waals surface area contributed by atoms with Gasteiger partial charge in [0.15, 0.2) is 11.5 Å². The van der Waals surface area contributed by atoms with Gasteiger partial charge in [0, 0.05) is 36.0 Å². The van der Waals surface area contributed by atoms with Gasteiger partial charge in [-0.2, -0.15) is 0 Å². The van der Waals surface area contributed by atoms with Gasteiger partial charge in [0.05, 0.1) is 24.3 Å². The number of rotatable bonds is 9. The summed E-state index contributed by atoms with van der Waals surface area (Å²) < 4.78 is 18.3. The van der Waals surface area contributed by atoms with E-state index in [1.807, 2.05) is 37.3 Å². The summed E-state index contributed by atoms with van der Waals surface area (Å²) in [6, 6.07) is 20.3. The average molecular weight is 532 g/mol. The Bertz CT molecular complexity index is 1040. The summed E-state index contributed by atoms with van der Waals surface area (Å²) in [5.41, 5.74) is 4.44. The number of morpholine rings is 1. The molecule has 1 fully saturated rings. The first kappa shape index (κ1) is 23.7. The number of nitrogens with one attached hydrogen (secondary N) is 1. The fourth-order valence-electron chi connectivity index (χ4n) is 3.68. The molecule has 0 aliphatic carbocycles. The van der Waals surface area contributed by atoms with Crippen LogP contribution in [0.25, 0.3) is 0 Å². The van der Waals surface area contributed by atoms with Gasteiger partial charge in [0.25, 0.3) is 0 Å². The molecule has 0 amide bonds. The molecular formula is C26H28BrClN2O3. The second-order valence-corrected chi connectivity index (χ2v) is 9.04. The molecule has 0 saturated carbocycles. The fourth-order valence-corrected chi connectivity index (χ4v) is 4.41. The second kappa shape index (κ2) is 11.6. The average Bonchev–Trinajstić information content (AvgIpc) is 2.84. The van der Waals surface area contributed by atoms with Crippen molar-refractivity contribution >= 4 is 38.9 Å². The molecule has 5 nitrogen and oxygen atoms in total. The summed E-state index contributed by atoms with van der Waals surface area (Å²) in [5.74, 6) is 1.42. The zero-order valence-electron chi connectivity index (χ0n) is 18.7. The number of anilines is 2. The van der Waals surface area contributed by atoms with Gasteiger partial charge in [0.1, 0.15) is 6.61 Å². The van der Waals surface area contributed by atoms with Crippen molar-refractivity contribution in [2.75, 3.05) is 43.1 Å². The molecule has 1 aliphatic rings.